The van der Waals surface area contributed by atoms with Crippen LogP contribution in [0.1, 0.15) is 6.42 Å². The number of sulfone groups is 1. The Balaban J connectivity index is 2.41. The number of β-amino-alcohol motifs (C(OH)–C–C–N with tert-alkyl or cyclic N) is 1. The van der Waals surface area contributed by atoms with Crippen molar-refractivity contribution in [3.05, 3.63) is 0 Å². The van der Waals surface area contributed by atoms with Crippen molar-refractivity contribution in [1.82, 2.24) is 5.32 Å². The molecular formula is C6H13NO3S. The maximum Gasteiger partial charge on any atom is 0.148 e. The average molecular weight is 179 g/mol. The summed E-state index contributed by atoms with van der Waals surface area (Å²) in [5, 5.41) is 12.0. The molecule has 1 fully saturated rings. The molecule has 1 saturated heterocycles. The summed E-state index contributed by atoms with van der Waals surface area (Å²) in [5.74, 6) is 0.129. The van der Waals surface area contributed by atoms with Gasteiger partial charge >= 0.3 is 0 Å². The highest BCUT2D eigenvalue weighted by Crippen LogP contribution is 2.07. The maximum atomic E-state index is 10.8. The molecule has 0 radical (unpaired) electrons. The van der Waals surface area contributed by atoms with E-state index in [-0.39, 0.29) is 17.9 Å². The van der Waals surface area contributed by atoms with Crippen LogP contribution in [0, 0.1) is 0 Å². The molecule has 2 N–H and O–H groups in total. The minimum absolute atomic E-state index is 0.0556. The Morgan fingerprint density at radius 1 is 1.64 bits per heavy atom. The summed E-state index contributed by atoms with van der Waals surface area (Å²) in [4.78, 5) is 0. The fraction of sp³-hybridized carbons (Fsp3) is 1.00. The fourth-order valence-corrected chi connectivity index (χ4v) is 2.28. The summed E-state index contributed by atoms with van der Waals surface area (Å²) in [6, 6.07) is -0.0556. The lowest BCUT2D eigenvalue weighted by Crippen LogP contribution is -2.29. The highest BCUT2D eigenvalue weighted by atomic mass is 32.2. The molecule has 2 unspecified atom stereocenters. The highest BCUT2D eigenvalue weighted by molar-refractivity contribution is 7.90. The summed E-state index contributed by atoms with van der Waals surface area (Å²) < 4.78 is 21.5. The molecule has 0 aliphatic carbocycles. The summed E-state index contributed by atoms with van der Waals surface area (Å²) in [5.41, 5.74) is 0. The number of nitrogens with one attached hydrogen (secondary N) is 1. The van der Waals surface area contributed by atoms with Crippen LogP contribution in [0.2, 0.25) is 0 Å². The van der Waals surface area contributed by atoms with Gasteiger partial charge in [0.15, 0.2) is 0 Å². The number of aliphatic hydroxyl groups excluding tert-OH is 1. The van der Waals surface area contributed by atoms with Crippen molar-refractivity contribution in [2.45, 2.75) is 18.6 Å². The van der Waals surface area contributed by atoms with Gasteiger partial charge in [0.2, 0.25) is 0 Å². The number of hydrogen-bond acceptors (Lipinski definition) is 4. The van der Waals surface area contributed by atoms with Gasteiger partial charge in [-0.05, 0) is 6.42 Å². The molecule has 1 rings (SSSR count). The third-order valence-corrected chi connectivity index (χ3v) is 2.71. The van der Waals surface area contributed by atoms with Gasteiger partial charge in [-0.1, -0.05) is 0 Å². The second-order valence-electron chi connectivity index (χ2n) is 3.09. The van der Waals surface area contributed by atoms with Crippen LogP contribution in [0.25, 0.3) is 0 Å². The van der Waals surface area contributed by atoms with Crippen LogP contribution in [-0.4, -0.2) is 44.2 Å². The van der Waals surface area contributed by atoms with Crippen LogP contribution in [0.3, 0.4) is 0 Å². The lowest BCUT2D eigenvalue weighted by Gasteiger charge is -2.06. The van der Waals surface area contributed by atoms with E-state index < -0.39 is 9.84 Å². The van der Waals surface area contributed by atoms with Gasteiger partial charge in [-0.3, -0.25) is 0 Å². The molecule has 66 valence electrons. The fourth-order valence-electron chi connectivity index (χ4n) is 1.29. The van der Waals surface area contributed by atoms with E-state index in [4.69, 9.17) is 5.11 Å². The van der Waals surface area contributed by atoms with Crippen molar-refractivity contribution in [1.29, 1.82) is 0 Å². The Bertz CT molecular complexity index is 224. The van der Waals surface area contributed by atoms with Crippen LogP contribution in [0.5, 0.6) is 0 Å². The predicted molar refractivity (Wildman–Crippen MR) is 42.1 cm³/mol. The topological polar surface area (TPSA) is 66.4 Å². The molecule has 0 bridgehead atoms. The molecule has 4 nitrogen and oxygen atoms in total. The minimum atomic E-state index is -2.90. The summed E-state index contributed by atoms with van der Waals surface area (Å²) in [6.07, 6.45) is 1.38. The summed E-state index contributed by atoms with van der Waals surface area (Å²) in [6.45, 7) is 0.514. The lowest BCUT2D eigenvalue weighted by molar-refractivity contribution is 0.194. The van der Waals surface area contributed by atoms with Crippen molar-refractivity contribution in [3.8, 4) is 0 Å². The first-order valence-electron chi connectivity index (χ1n) is 3.56. The van der Waals surface area contributed by atoms with Crippen molar-refractivity contribution in [2.24, 2.45) is 0 Å². The standard InChI is InChI=1S/C6H13NO3S/c1-11(9,10)4-5-2-6(8)3-7-5/h5-8H,2-4H2,1H3. The molecule has 1 heterocycles. The molecule has 5 heteroatoms. The first-order chi connectivity index (χ1) is 4.97. The predicted octanol–water partition coefficient (Wildman–Crippen LogP) is -1.25. The van der Waals surface area contributed by atoms with Gasteiger partial charge in [0.1, 0.15) is 9.84 Å². The van der Waals surface area contributed by atoms with Crippen LogP contribution < -0.4 is 5.32 Å². The van der Waals surface area contributed by atoms with E-state index in [1.165, 1.54) is 6.26 Å². The quantitative estimate of drug-likeness (QED) is 0.556. The first kappa shape index (κ1) is 8.96. The smallest absolute Gasteiger partial charge is 0.148 e. The molecule has 0 aromatic heterocycles. The van der Waals surface area contributed by atoms with E-state index in [1.807, 2.05) is 0 Å². The molecule has 1 aliphatic rings. The molecule has 0 amide bonds. The van der Waals surface area contributed by atoms with E-state index in [2.05, 4.69) is 5.32 Å². The van der Waals surface area contributed by atoms with Crippen molar-refractivity contribution in [2.75, 3.05) is 18.6 Å². The van der Waals surface area contributed by atoms with E-state index in [0.717, 1.165) is 0 Å². The van der Waals surface area contributed by atoms with E-state index in [0.29, 0.717) is 13.0 Å². The van der Waals surface area contributed by atoms with Gasteiger partial charge in [0.25, 0.3) is 0 Å². The van der Waals surface area contributed by atoms with Crippen molar-refractivity contribution < 1.29 is 13.5 Å². The molecule has 1 aliphatic heterocycles. The molecule has 0 aromatic rings. The average Bonchev–Trinajstić information content (AvgIpc) is 2.10. The van der Waals surface area contributed by atoms with Crippen LogP contribution in [0.15, 0.2) is 0 Å². The first-order valence-corrected chi connectivity index (χ1v) is 5.62. The van der Waals surface area contributed by atoms with Crippen molar-refractivity contribution >= 4 is 9.84 Å². The molecular weight excluding hydrogens is 166 g/mol. The second kappa shape index (κ2) is 3.08. The SMILES string of the molecule is CS(=O)(=O)CC1CC(O)CN1. The Kier molecular flexibility index (Phi) is 2.51. The third-order valence-electron chi connectivity index (χ3n) is 1.70. The van der Waals surface area contributed by atoms with Crippen LogP contribution in [0.4, 0.5) is 0 Å². The summed E-state index contributed by atoms with van der Waals surface area (Å²) >= 11 is 0. The molecule has 0 saturated carbocycles. The Morgan fingerprint density at radius 3 is 2.64 bits per heavy atom. The van der Waals surface area contributed by atoms with E-state index in [9.17, 15) is 8.42 Å². The minimum Gasteiger partial charge on any atom is -0.392 e. The zero-order valence-corrected chi connectivity index (χ0v) is 7.26. The number of hydrogen-bond donors (Lipinski definition) is 2. The lowest BCUT2D eigenvalue weighted by atomic mass is 10.2. The summed E-state index contributed by atoms with van der Waals surface area (Å²) in [7, 11) is -2.90. The number of aliphatic hydroxyl groups is 1. The van der Waals surface area contributed by atoms with Gasteiger partial charge < -0.3 is 10.4 Å². The zero-order chi connectivity index (χ0) is 8.48. The normalized spacial score (nSPS) is 32.5. The Morgan fingerprint density at radius 2 is 2.27 bits per heavy atom. The van der Waals surface area contributed by atoms with Gasteiger partial charge in [-0.25, -0.2) is 8.42 Å². The second-order valence-corrected chi connectivity index (χ2v) is 5.27. The van der Waals surface area contributed by atoms with Gasteiger partial charge in [0, 0.05) is 18.8 Å². The molecule has 2 atom stereocenters. The Labute approximate surface area is 66.5 Å². The van der Waals surface area contributed by atoms with Gasteiger partial charge in [-0.2, -0.15) is 0 Å². The van der Waals surface area contributed by atoms with Crippen LogP contribution >= 0.6 is 0 Å². The maximum absolute atomic E-state index is 10.8. The van der Waals surface area contributed by atoms with E-state index >= 15 is 0 Å². The molecule has 11 heavy (non-hydrogen) atoms. The Hall–Kier alpha value is -0.130. The van der Waals surface area contributed by atoms with Gasteiger partial charge in [-0.15, -0.1) is 0 Å². The third kappa shape index (κ3) is 3.18. The molecule has 0 spiro atoms. The van der Waals surface area contributed by atoms with E-state index in [1.54, 1.807) is 0 Å². The number of rotatable bonds is 2. The zero-order valence-electron chi connectivity index (χ0n) is 6.45. The van der Waals surface area contributed by atoms with Crippen LogP contribution in [-0.2, 0) is 9.84 Å². The molecule has 0 aromatic carbocycles. The highest BCUT2D eigenvalue weighted by Gasteiger charge is 2.24. The van der Waals surface area contributed by atoms with Gasteiger partial charge in [0.05, 0.1) is 11.9 Å². The monoisotopic (exact) mass is 179 g/mol. The van der Waals surface area contributed by atoms with Crippen molar-refractivity contribution in [3.63, 3.8) is 0 Å². The largest absolute Gasteiger partial charge is 0.392 e.